The molecule has 2 aromatic rings. The summed E-state index contributed by atoms with van der Waals surface area (Å²) in [5, 5.41) is 4.45. The summed E-state index contributed by atoms with van der Waals surface area (Å²) in [4.78, 5) is 16.3. The summed E-state index contributed by atoms with van der Waals surface area (Å²) in [6, 6.07) is 12.6. The van der Waals surface area contributed by atoms with Crippen LogP contribution < -0.4 is 10.2 Å². The molecule has 4 nitrogen and oxygen atoms in total. The van der Waals surface area contributed by atoms with Gasteiger partial charge in [0.1, 0.15) is 0 Å². The van der Waals surface area contributed by atoms with Crippen LogP contribution in [0, 0.1) is 0 Å². The van der Waals surface area contributed by atoms with Crippen LogP contribution in [0.5, 0.6) is 0 Å². The maximum atomic E-state index is 12.4. The van der Waals surface area contributed by atoms with Gasteiger partial charge in [0.05, 0.1) is 26.4 Å². The molecule has 0 unspecified atom stereocenters. The third-order valence-corrected chi connectivity index (χ3v) is 5.09. The number of urea groups is 1. The molecule has 1 aliphatic rings. The van der Waals surface area contributed by atoms with Gasteiger partial charge < -0.3 is 15.1 Å². The van der Waals surface area contributed by atoms with Gasteiger partial charge in [-0.1, -0.05) is 53.0 Å². The number of para-hydroxylation sites is 1. The van der Waals surface area contributed by atoms with Gasteiger partial charge in [0.15, 0.2) is 0 Å². The fraction of sp³-hybridized carbons (Fsp3) is 0.235. The topological polar surface area (TPSA) is 35.6 Å². The average Bonchev–Trinajstić information content (AvgIpc) is 2.59. The maximum Gasteiger partial charge on any atom is 0.322 e. The fourth-order valence-corrected chi connectivity index (χ4v) is 3.24. The molecule has 0 spiro atoms. The van der Waals surface area contributed by atoms with E-state index in [-0.39, 0.29) is 6.03 Å². The highest BCUT2D eigenvalue weighted by molar-refractivity contribution is 6.43. The first-order valence-corrected chi connectivity index (χ1v) is 8.69. The van der Waals surface area contributed by atoms with Crippen LogP contribution in [0.15, 0.2) is 42.5 Å². The second-order valence-corrected chi connectivity index (χ2v) is 6.65. The quantitative estimate of drug-likeness (QED) is 0.791. The van der Waals surface area contributed by atoms with Crippen molar-refractivity contribution >= 4 is 52.2 Å². The molecule has 0 aromatic heterocycles. The van der Waals surface area contributed by atoms with E-state index in [4.69, 9.17) is 34.8 Å². The number of carbonyl (C=O) groups is 1. The first kappa shape index (κ1) is 17.2. The molecule has 0 aliphatic carbocycles. The van der Waals surface area contributed by atoms with E-state index < -0.39 is 0 Å². The number of halogens is 3. The van der Waals surface area contributed by atoms with Crippen molar-refractivity contribution in [3.8, 4) is 0 Å². The van der Waals surface area contributed by atoms with Gasteiger partial charge in [-0.05, 0) is 24.3 Å². The zero-order valence-electron chi connectivity index (χ0n) is 12.8. The van der Waals surface area contributed by atoms with Crippen LogP contribution in [0.25, 0.3) is 0 Å². The van der Waals surface area contributed by atoms with Crippen LogP contribution in [0.4, 0.5) is 16.2 Å². The highest BCUT2D eigenvalue weighted by atomic mass is 35.5. The third kappa shape index (κ3) is 3.72. The third-order valence-electron chi connectivity index (χ3n) is 3.95. The molecule has 0 atom stereocenters. The Labute approximate surface area is 155 Å². The Balaban J connectivity index is 1.62. The predicted octanol–water partition coefficient (Wildman–Crippen LogP) is 5.00. The number of amides is 2. The van der Waals surface area contributed by atoms with E-state index in [0.29, 0.717) is 46.9 Å². The van der Waals surface area contributed by atoms with Crippen molar-refractivity contribution in [3.05, 3.63) is 57.5 Å². The van der Waals surface area contributed by atoms with Gasteiger partial charge in [-0.15, -0.1) is 0 Å². The molecule has 0 bridgehead atoms. The lowest BCUT2D eigenvalue weighted by Gasteiger charge is -2.36. The molecule has 1 aliphatic heterocycles. The van der Waals surface area contributed by atoms with E-state index in [0.717, 1.165) is 5.69 Å². The highest BCUT2D eigenvalue weighted by Gasteiger charge is 2.23. The van der Waals surface area contributed by atoms with E-state index in [9.17, 15) is 4.79 Å². The summed E-state index contributed by atoms with van der Waals surface area (Å²) in [6.07, 6.45) is 0. The van der Waals surface area contributed by atoms with E-state index in [1.807, 2.05) is 24.3 Å². The normalized spacial score (nSPS) is 14.6. The number of hydrogen-bond donors (Lipinski definition) is 1. The maximum absolute atomic E-state index is 12.4. The number of carbonyl (C=O) groups excluding carboxylic acids is 1. The van der Waals surface area contributed by atoms with Gasteiger partial charge >= 0.3 is 6.03 Å². The SMILES string of the molecule is O=C(Nc1ccccc1Cl)N1CCN(c2cccc(Cl)c2Cl)CC1. The number of hydrogen-bond acceptors (Lipinski definition) is 2. The Morgan fingerprint density at radius 1 is 0.875 bits per heavy atom. The Morgan fingerprint density at radius 2 is 1.54 bits per heavy atom. The smallest absolute Gasteiger partial charge is 0.322 e. The molecule has 0 saturated carbocycles. The van der Waals surface area contributed by atoms with E-state index in [1.165, 1.54) is 0 Å². The van der Waals surface area contributed by atoms with Crippen molar-refractivity contribution in [2.75, 3.05) is 36.4 Å². The zero-order valence-corrected chi connectivity index (χ0v) is 15.1. The van der Waals surface area contributed by atoms with Crippen LogP contribution in [0.1, 0.15) is 0 Å². The highest BCUT2D eigenvalue weighted by Crippen LogP contribution is 2.33. The minimum Gasteiger partial charge on any atom is -0.367 e. The van der Waals surface area contributed by atoms with Crippen molar-refractivity contribution in [3.63, 3.8) is 0 Å². The van der Waals surface area contributed by atoms with E-state index in [1.54, 1.807) is 23.1 Å². The molecule has 3 rings (SSSR count). The lowest BCUT2D eigenvalue weighted by atomic mass is 10.2. The van der Waals surface area contributed by atoms with Crippen LogP contribution in [-0.2, 0) is 0 Å². The standard InChI is InChI=1S/C17H16Cl3N3O/c18-12-4-1-2-6-14(12)21-17(24)23-10-8-22(9-11-23)15-7-3-5-13(19)16(15)20/h1-7H,8-11H2,(H,21,24). The van der Waals surface area contributed by atoms with E-state index in [2.05, 4.69) is 10.2 Å². The first-order valence-electron chi connectivity index (χ1n) is 7.55. The van der Waals surface area contributed by atoms with Crippen molar-refractivity contribution < 1.29 is 4.79 Å². The van der Waals surface area contributed by atoms with Crippen LogP contribution in [0.3, 0.4) is 0 Å². The van der Waals surface area contributed by atoms with Crippen molar-refractivity contribution in [1.29, 1.82) is 0 Å². The second-order valence-electron chi connectivity index (χ2n) is 5.46. The number of nitrogens with zero attached hydrogens (tertiary/aromatic N) is 2. The Bertz CT molecular complexity index is 746. The number of rotatable bonds is 2. The summed E-state index contributed by atoms with van der Waals surface area (Å²) in [5.74, 6) is 0. The predicted molar refractivity (Wildman–Crippen MR) is 101 cm³/mol. The molecule has 1 heterocycles. The lowest BCUT2D eigenvalue weighted by molar-refractivity contribution is 0.208. The summed E-state index contributed by atoms with van der Waals surface area (Å²) < 4.78 is 0. The summed E-state index contributed by atoms with van der Waals surface area (Å²) in [7, 11) is 0. The molecule has 7 heteroatoms. The summed E-state index contributed by atoms with van der Waals surface area (Å²) in [5.41, 5.74) is 1.51. The number of anilines is 2. The minimum atomic E-state index is -0.153. The van der Waals surface area contributed by atoms with Crippen LogP contribution in [0.2, 0.25) is 15.1 Å². The average molecular weight is 385 g/mol. The van der Waals surface area contributed by atoms with Crippen LogP contribution in [-0.4, -0.2) is 37.1 Å². The Morgan fingerprint density at radius 3 is 2.25 bits per heavy atom. The zero-order chi connectivity index (χ0) is 17.1. The van der Waals surface area contributed by atoms with Gasteiger partial charge in [-0.3, -0.25) is 0 Å². The number of benzene rings is 2. The van der Waals surface area contributed by atoms with Gasteiger partial charge in [-0.2, -0.15) is 0 Å². The molecule has 0 radical (unpaired) electrons. The van der Waals surface area contributed by atoms with Crippen molar-refractivity contribution in [2.24, 2.45) is 0 Å². The molecule has 2 aromatic carbocycles. The monoisotopic (exact) mass is 383 g/mol. The van der Waals surface area contributed by atoms with E-state index >= 15 is 0 Å². The number of nitrogens with one attached hydrogen (secondary N) is 1. The van der Waals surface area contributed by atoms with Crippen molar-refractivity contribution in [2.45, 2.75) is 0 Å². The molecular weight excluding hydrogens is 369 g/mol. The van der Waals surface area contributed by atoms with Crippen molar-refractivity contribution in [1.82, 2.24) is 4.90 Å². The summed E-state index contributed by atoms with van der Waals surface area (Å²) in [6.45, 7) is 2.57. The lowest BCUT2D eigenvalue weighted by Crippen LogP contribution is -2.50. The molecule has 1 N–H and O–H groups in total. The largest absolute Gasteiger partial charge is 0.367 e. The summed E-state index contributed by atoms with van der Waals surface area (Å²) >= 11 is 18.4. The molecule has 1 fully saturated rings. The number of piperazine rings is 1. The molecule has 126 valence electrons. The molecule has 1 saturated heterocycles. The second kappa shape index (κ2) is 7.51. The molecular formula is C17H16Cl3N3O. The fourth-order valence-electron chi connectivity index (χ4n) is 2.64. The minimum absolute atomic E-state index is 0.153. The molecule has 24 heavy (non-hydrogen) atoms. The Kier molecular flexibility index (Phi) is 5.39. The van der Waals surface area contributed by atoms with Gasteiger partial charge in [0.25, 0.3) is 0 Å². The first-order chi connectivity index (χ1) is 11.6. The Hall–Kier alpha value is -1.62. The van der Waals surface area contributed by atoms with Gasteiger partial charge in [0.2, 0.25) is 0 Å². The van der Waals surface area contributed by atoms with Gasteiger partial charge in [-0.25, -0.2) is 4.79 Å². The molecule has 2 amide bonds. The van der Waals surface area contributed by atoms with Crippen LogP contribution >= 0.6 is 34.8 Å². The van der Waals surface area contributed by atoms with Gasteiger partial charge in [0, 0.05) is 26.2 Å².